The smallest absolute Gasteiger partial charge is 0.265 e. The van der Waals surface area contributed by atoms with Gasteiger partial charge in [-0.1, -0.05) is 36.4 Å². The predicted molar refractivity (Wildman–Crippen MR) is 124 cm³/mol. The number of carbonyl (C=O) groups excluding carboxylic acids is 1. The molecule has 30 heavy (non-hydrogen) atoms. The minimum Gasteiger partial charge on any atom is -0.457 e. The Morgan fingerprint density at radius 1 is 0.800 bits per heavy atom. The van der Waals surface area contributed by atoms with Crippen molar-refractivity contribution >= 4 is 44.5 Å². The molecule has 0 radical (unpaired) electrons. The highest BCUT2D eigenvalue weighted by atomic mass is 32.1. The number of hydrogen-bond donors (Lipinski definition) is 1. The van der Waals surface area contributed by atoms with Gasteiger partial charge in [0, 0.05) is 11.8 Å². The Bertz CT molecular complexity index is 1290. The van der Waals surface area contributed by atoms with Gasteiger partial charge in [-0.3, -0.25) is 4.79 Å². The van der Waals surface area contributed by atoms with Crippen LogP contribution in [-0.4, -0.2) is 10.9 Å². The minimum atomic E-state index is -0.149. The number of rotatable bonds is 5. The van der Waals surface area contributed by atoms with Crippen LogP contribution in [0.25, 0.3) is 20.1 Å². The molecule has 0 unspecified atom stereocenters. The molecule has 1 N–H and O–H groups in total. The fourth-order valence-electron chi connectivity index (χ4n) is 3.01. The number of hydrogen-bond acceptors (Lipinski definition) is 5. The molecule has 5 aromatic rings. The summed E-state index contributed by atoms with van der Waals surface area (Å²) in [7, 11) is 0. The molecule has 0 aliphatic rings. The predicted octanol–water partition coefficient (Wildman–Crippen LogP) is 7.07. The molecular weight excluding hydrogens is 412 g/mol. The number of thiazole rings is 1. The second kappa shape index (κ2) is 8.10. The maximum absolute atomic E-state index is 12.7. The monoisotopic (exact) mass is 428 g/mol. The van der Waals surface area contributed by atoms with Crippen LogP contribution < -0.4 is 10.1 Å². The van der Waals surface area contributed by atoms with Gasteiger partial charge in [0.05, 0.1) is 20.0 Å². The number of anilines is 1. The molecule has 0 fully saturated rings. The molecule has 1 amide bonds. The van der Waals surface area contributed by atoms with Crippen LogP contribution in [0.1, 0.15) is 9.67 Å². The molecule has 6 heteroatoms. The Kier molecular flexibility index (Phi) is 5.01. The Balaban J connectivity index is 1.32. The van der Waals surface area contributed by atoms with E-state index in [1.165, 1.54) is 11.3 Å². The van der Waals surface area contributed by atoms with Gasteiger partial charge in [0.15, 0.2) is 0 Å². The van der Waals surface area contributed by atoms with Crippen LogP contribution in [0.5, 0.6) is 11.5 Å². The van der Waals surface area contributed by atoms with Crippen LogP contribution in [0.15, 0.2) is 91.0 Å². The highest BCUT2D eigenvalue weighted by Crippen LogP contribution is 2.34. The fourth-order valence-corrected chi connectivity index (χ4v) is 4.93. The van der Waals surface area contributed by atoms with Crippen LogP contribution in [0.3, 0.4) is 0 Å². The Hall–Kier alpha value is -3.48. The van der Waals surface area contributed by atoms with Crippen molar-refractivity contribution in [3.63, 3.8) is 0 Å². The number of amides is 1. The Morgan fingerprint density at radius 3 is 2.47 bits per heavy atom. The molecule has 0 bridgehead atoms. The molecule has 3 aromatic carbocycles. The molecule has 5 rings (SSSR count). The van der Waals surface area contributed by atoms with Crippen molar-refractivity contribution in [2.24, 2.45) is 0 Å². The van der Waals surface area contributed by atoms with Crippen molar-refractivity contribution in [3.05, 3.63) is 95.9 Å². The molecule has 0 atom stereocenters. The second-order valence-corrected chi connectivity index (χ2v) is 8.66. The number of para-hydroxylation sites is 2. The first-order valence-corrected chi connectivity index (χ1v) is 11.0. The van der Waals surface area contributed by atoms with E-state index in [2.05, 4.69) is 16.4 Å². The van der Waals surface area contributed by atoms with Crippen LogP contribution in [0.2, 0.25) is 0 Å². The molecule has 146 valence electrons. The number of aromatic nitrogens is 1. The van der Waals surface area contributed by atoms with E-state index in [-0.39, 0.29) is 5.91 Å². The average Bonchev–Trinajstić information content (AvgIpc) is 3.42. The molecule has 0 aliphatic heterocycles. The molecule has 0 saturated heterocycles. The van der Waals surface area contributed by atoms with Gasteiger partial charge in [0.2, 0.25) is 0 Å². The number of carbonyl (C=O) groups is 1. The van der Waals surface area contributed by atoms with Crippen LogP contribution in [-0.2, 0) is 0 Å². The van der Waals surface area contributed by atoms with Gasteiger partial charge in [0.1, 0.15) is 16.5 Å². The van der Waals surface area contributed by atoms with Gasteiger partial charge in [-0.15, -0.1) is 22.7 Å². The Morgan fingerprint density at radius 2 is 1.60 bits per heavy atom. The zero-order valence-corrected chi connectivity index (χ0v) is 17.4. The summed E-state index contributed by atoms with van der Waals surface area (Å²) < 4.78 is 6.98. The van der Waals surface area contributed by atoms with Crippen LogP contribution in [0, 0.1) is 0 Å². The topological polar surface area (TPSA) is 51.2 Å². The SMILES string of the molecule is O=C(Nc1cccc(Oc2ccccc2)c1)c1ccc(-c2nc3ccccc3s2)s1. The molecule has 0 aliphatic carbocycles. The van der Waals surface area contributed by atoms with E-state index in [4.69, 9.17) is 4.74 Å². The maximum Gasteiger partial charge on any atom is 0.265 e. The number of nitrogens with one attached hydrogen (secondary N) is 1. The first-order valence-electron chi connectivity index (χ1n) is 9.35. The van der Waals surface area contributed by atoms with Crippen molar-refractivity contribution in [3.8, 4) is 21.4 Å². The quantitative estimate of drug-likeness (QED) is 0.326. The summed E-state index contributed by atoms with van der Waals surface area (Å²) in [5.74, 6) is 1.27. The molecule has 0 saturated carbocycles. The number of ether oxygens (including phenoxy) is 1. The van der Waals surface area contributed by atoms with E-state index in [1.807, 2.05) is 84.9 Å². The second-order valence-electron chi connectivity index (χ2n) is 6.55. The van der Waals surface area contributed by atoms with Crippen LogP contribution in [0.4, 0.5) is 5.69 Å². The van der Waals surface area contributed by atoms with E-state index in [0.29, 0.717) is 16.3 Å². The lowest BCUT2D eigenvalue weighted by molar-refractivity contribution is 0.103. The molecule has 0 spiro atoms. The summed E-state index contributed by atoms with van der Waals surface area (Å²) in [6, 6.07) is 28.8. The van der Waals surface area contributed by atoms with Crippen molar-refractivity contribution < 1.29 is 9.53 Å². The number of benzene rings is 3. The number of nitrogens with zero attached hydrogens (tertiary/aromatic N) is 1. The minimum absolute atomic E-state index is 0.149. The molecule has 2 heterocycles. The molecule has 4 nitrogen and oxygen atoms in total. The first-order chi connectivity index (χ1) is 14.7. The number of fused-ring (bicyclic) bond motifs is 1. The van der Waals surface area contributed by atoms with Crippen molar-refractivity contribution in [2.45, 2.75) is 0 Å². The standard InChI is InChI=1S/C24H16N2O2S2/c27-23(25-16-7-6-10-18(15-16)28-17-8-2-1-3-9-17)21-13-14-22(29-21)24-26-19-11-4-5-12-20(19)30-24/h1-15H,(H,25,27). The van der Waals surface area contributed by atoms with Gasteiger partial charge in [-0.05, 0) is 48.5 Å². The normalized spacial score (nSPS) is 10.8. The van der Waals surface area contributed by atoms with Gasteiger partial charge >= 0.3 is 0 Å². The zero-order chi connectivity index (χ0) is 20.3. The summed E-state index contributed by atoms with van der Waals surface area (Å²) >= 11 is 3.07. The van der Waals surface area contributed by atoms with Gasteiger partial charge in [0.25, 0.3) is 5.91 Å². The summed E-state index contributed by atoms with van der Waals surface area (Å²) in [6.45, 7) is 0. The summed E-state index contributed by atoms with van der Waals surface area (Å²) in [5.41, 5.74) is 1.66. The van der Waals surface area contributed by atoms with Crippen molar-refractivity contribution in [1.29, 1.82) is 0 Å². The lowest BCUT2D eigenvalue weighted by Gasteiger charge is -2.08. The third-order valence-corrected chi connectivity index (χ3v) is 6.69. The van der Waals surface area contributed by atoms with Crippen LogP contribution >= 0.6 is 22.7 Å². The van der Waals surface area contributed by atoms with E-state index < -0.39 is 0 Å². The largest absolute Gasteiger partial charge is 0.457 e. The van der Waals surface area contributed by atoms with Gasteiger partial charge in [-0.25, -0.2) is 4.98 Å². The highest BCUT2D eigenvalue weighted by Gasteiger charge is 2.14. The highest BCUT2D eigenvalue weighted by molar-refractivity contribution is 7.26. The molecule has 2 aromatic heterocycles. The van der Waals surface area contributed by atoms with Crippen molar-refractivity contribution in [1.82, 2.24) is 4.98 Å². The van der Waals surface area contributed by atoms with E-state index in [0.717, 1.165) is 25.9 Å². The van der Waals surface area contributed by atoms with Crippen molar-refractivity contribution in [2.75, 3.05) is 5.32 Å². The third-order valence-electron chi connectivity index (χ3n) is 4.41. The van der Waals surface area contributed by atoms with Gasteiger partial charge < -0.3 is 10.1 Å². The fraction of sp³-hybridized carbons (Fsp3) is 0. The third kappa shape index (κ3) is 3.96. The zero-order valence-electron chi connectivity index (χ0n) is 15.7. The summed E-state index contributed by atoms with van der Waals surface area (Å²) in [6.07, 6.45) is 0. The summed E-state index contributed by atoms with van der Waals surface area (Å²) in [4.78, 5) is 19.0. The lowest BCUT2D eigenvalue weighted by atomic mass is 10.3. The lowest BCUT2D eigenvalue weighted by Crippen LogP contribution is -2.09. The Labute approximate surface area is 181 Å². The maximum atomic E-state index is 12.7. The van der Waals surface area contributed by atoms with E-state index >= 15 is 0 Å². The summed E-state index contributed by atoms with van der Waals surface area (Å²) in [5, 5.41) is 3.88. The molecular formula is C24H16N2O2S2. The average molecular weight is 429 g/mol. The number of thiophene rings is 1. The van der Waals surface area contributed by atoms with Gasteiger partial charge in [-0.2, -0.15) is 0 Å². The van der Waals surface area contributed by atoms with E-state index in [1.54, 1.807) is 11.3 Å². The first kappa shape index (κ1) is 18.5. The van der Waals surface area contributed by atoms with E-state index in [9.17, 15) is 4.79 Å².